The first-order valence-electron chi connectivity index (χ1n) is 10.4. The maximum Gasteiger partial charge on any atom is 0.251 e. The van der Waals surface area contributed by atoms with Crippen LogP contribution in [-0.2, 0) is 23.1 Å². The van der Waals surface area contributed by atoms with E-state index in [4.69, 9.17) is 0 Å². The van der Waals surface area contributed by atoms with E-state index < -0.39 is 15.8 Å². The van der Waals surface area contributed by atoms with E-state index in [1.165, 1.54) is 18.2 Å². The molecule has 0 radical (unpaired) electrons. The third-order valence-corrected chi connectivity index (χ3v) is 6.51. The van der Waals surface area contributed by atoms with Gasteiger partial charge in [-0.25, -0.2) is 12.8 Å². The first-order valence-corrected chi connectivity index (χ1v) is 12.2. The lowest BCUT2D eigenvalue weighted by Gasteiger charge is -2.23. The standard InChI is InChI=1S/C26H23FN2O3S/c1-33(31,32)29(25-12-5-4-11-24(25)27)18-19-13-15-21(16-14-19)26(30)28-17-22-9-6-8-20-7-2-3-10-23(20)22/h2-16H,17-18H2,1H3,(H,28,30). The van der Waals surface area contributed by atoms with Crippen LogP contribution in [0.3, 0.4) is 0 Å². The summed E-state index contributed by atoms with van der Waals surface area (Å²) in [4.78, 5) is 12.6. The fourth-order valence-electron chi connectivity index (χ4n) is 3.69. The molecule has 0 aliphatic rings. The van der Waals surface area contributed by atoms with E-state index in [0.29, 0.717) is 17.7 Å². The Balaban J connectivity index is 1.47. The molecule has 0 atom stereocenters. The summed E-state index contributed by atoms with van der Waals surface area (Å²) in [5.41, 5.74) is 2.09. The Labute approximate surface area is 192 Å². The van der Waals surface area contributed by atoms with E-state index in [1.807, 2.05) is 42.5 Å². The molecular weight excluding hydrogens is 439 g/mol. The molecule has 0 saturated carbocycles. The number of para-hydroxylation sites is 1. The number of hydrogen-bond acceptors (Lipinski definition) is 3. The zero-order valence-corrected chi connectivity index (χ0v) is 18.8. The number of nitrogens with one attached hydrogen (secondary N) is 1. The van der Waals surface area contributed by atoms with Crippen LogP contribution in [0.5, 0.6) is 0 Å². The largest absolute Gasteiger partial charge is 0.348 e. The summed E-state index contributed by atoms with van der Waals surface area (Å²) in [6, 6.07) is 26.3. The summed E-state index contributed by atoms with van der Waals surface area (Å²) >= 11 is 0. The van der Waals surface area contributed by atoms with Crippen LogP contribution >= 0.6 is 0 Å². The zero-order chi connectivity index (χ0) is 23.4. The molecule has 0 aromatic heterocycles. The lowest BCUT2D eigenvalue weighted by Crippen LogP contribution is -2.30. The van der Waals surface area contributed by atoms with Gasteiger partial charge in [0.2, 0.25) is 10.0 Å². The van der Waals surface area contributed by atoms with E-state index in [1.54, 1.807) is 30.3 Å². The number of benzene rings is 4. The van der Waals surface area contributed by atoms with Gasteiger partial charge < -0.3 is 5.32 Å². The molecule has 0 aliphatic heterocycles. The first-order chi connectivity index (χ1) is 15.8. The molecule has 33 heavy (non-hydrogen) atoms. The predicted octanol–water partition coefficient (Wildman–Crippen LogP) is 4.88. The number of amides is 1. The van der Waals surface area contributed by atoms with E-state index in [0.717, 1.165) is 26.9 Å². The quantitative estimate of drug-likeness (QED) is 0.426. The van der Waals surface area contributed by atoms with Gasteiger partial charge in [0, 0.05) is 12.1 Å². The number of sulfonamides is 1. The second kappa shape index (κ2) is 9.42. The van der Waals surface area contributed by atoms with Crippen molar-refractivity contribution < 1.29 is 17.6 Å². The summed E-state index contributed by atoms with van der Waals surface area (Å²) in [7, 11) is -3.71. The van der Waals surface area contributed by atoms with Crippen molar-refractivity contribution in [1.29, 1.82) is 0 Å². The highest BCUT2D eigenvalue weighted by Gasteiger charge is 2.21. The molecule has 4 aromatic carbocycles. The van der Waals surface area contributed by atoms with Gasteiger partial charge in [-0.15, -0.1) is 0 Å². The average molecular weight is 463 g/mol. The number of nitrogens with zero attached hydrogens (tertiary/aromatic N) is 1. The maximum atomic E-state index is 14.2. The van der Waals surface area contributed by atoms with Gasteiger partial charge in [-0.05, 0) is 46.2 Å². The summed E-state index contributed by atoms with van der Waals surface area (Å²) in [5, 5.41) is 5.13. The van der Waals surface area contributed by atoms with Crippen LogP contribution in [0.25, 0.3) is 10.8 Å². The Kier molecular flexibility index (Phi) is 6.42. The minimum atomic E-state index is -3.71. The minimum absolute atomic E-state index is 0.0168. The van der Waals surface area contributed by atoms with Gasteiger partial charge in [0.05, 0.1) is 18.5 Å². The van der Waals surface area contributed by atoms with Crippen LogP contribution in [-0.4, -0.2) is 20.6 Å². The van der Waals surface area contributed by atoms with E-state index >= 15 is 0 Å². The van der Waals surface area contributed by atoms with Crippen LogP contribution in [0.2, 0.25) is 0 Å². The minimum Gasteiger partial charge on any atom is -0.348 e. The number of rotatable bonds is 7. The Morgan fingerprint density at radius 3 is 2.27 bits per heavy atom. The molecule has 0 bridgehead atoms. The van der Waals surface area contributed by atoms with Gasteiger partial charge in [-0.3, -0.25) is 9.10 Å². The Hall–Kier alpha value is -3.71. The highest BCUT2D eigenvalue weighted by Crippen LogP contribution is 2.24. The van der Waals surface area contributed by atoms with Gasteiger partial charge >= 0.3 is 0 Å². The van der Waals surface area contributed by atoms with E-state index in [9.17, 15) is 17.6 Å². The second-order valence-corrected chi connectivity index (χ2v) is 9.65. The van der Waals surface area contributed by atoms with Crippen molar-refractivity contribution in [1.82, 2.24) is 5.32 Å². The van der Waals surface area contributed by atoms with Gasteiger partial charge in [0.15, 0.2) is 0 Å². The summed E-state index contributed by atoms with van der Waals surface area (Å²) < 4.78 is 39.8. The first kappa shape index (κ1) is 22.5. The fourth-order valence-corrected chi connectivity index (χ4v) is 4.58. The molecule has 7 heteroatoms. The molecular formula is C26H23FN2O3S. The highest BCUT2D eigenvalue weighted by molar-refractivity contribution is 7.92. The summed E-state index contributed by atoms with van der Waals surface area (Å²) in [5.74, 6) is -0.851. The number of carbonyl (C=O) groups is 1. The van der Waals surface area contributed by atoms with Crippen molar-refractivity contribution in [2.45, 2.75) is 13.1 Å². The zero-order valence-electron chi connectivity index (χ0n) is 18.0. The molecule has 5 nitrogen and oxygen atoms in total. The molecule has 0 fully saturated rings. The predicted molar refractivity (Wildman–Crippen MR) is 129 cm³/mol. The van der Waals surface area contributed by atoms with Crippen molar-refractivity contribution in [3.8, 4) is 0 Å². The van der Waals surface area contributed by atoms with Crippen molar-refractivity contribution >= 4 is 32.4 Å². The van der Waals surface area contributed by atoms with Crippen molar-refractivity contribution in [2.75, 3.05) is 10.6 Å². The molecule has 4 aromatic rings. The van der Waals surface area contributed by atoms with Gasteiger partial charge in [-0.1, -0.05) is 66.7 Å². The van der Waals surface area contributed by atoms with Crippen LogP contribution in [0.1, 0.15) is 21.5 Å². The van der Waals surface area contributed by atoms with Crippen molar-refractivity contribution in [3.63, 3.8) is 0 Å². The molecule has 0 unspecified atom stereocenters. The molecule has 0 spiro atoms. The maximum absolute atomic E-state index is 14.2. The highest BCUT2D eigenvalue weighted by atomic mass is 32.2. The van der Waals surface area contributed by atoms with Gasteiger partial charge in [0.25, 0.3) is 5.91 Å². The average Bonchev–Trinajstić information content (AvgIpc) is 2.81. The molecule has 168 valence electrons. The summed E-state index contributed by atoms with van der Waals surface area (Å²) in [6.45, 7) is 0.342. The van der Waals surface area contributed by atoms with Crippen LogP contribution in [0.4, 0.5) is 10.1 Å². The third kappa shape index (κ3) is 5.21. The number of carbonyl (C=O) groups excluding carboxylic acids is 1. The molecule has 1 N–H and O–H groups in total. The molecule has 0 heterocycles. The van der Waals surface area contributed by atoms with Crippen LogP contribution < -0.4 is 9.62 Å². The smallest absolute Gasteiger partial charge is 0.251 e. The summed E-state index contributed by atoms with van der Waals surface area (Å²) in [6.07, 6.45) is 1.04. The Morgan fingerprint density at radius 1 is 0.879 bits per heavy atom. The Morgan fingerprint density at radius 2 is 1.55 bits per heavy atom. The van der Waals surface area contributed by atoms with E-state index in [2.05, 4.69) is 5.32 Å². The fraction of sp³-hybridized carbons (Fsp3) is 0.115. The molecule has 1 amide bonds. The normalized spacial score (nSPS) is 11.3. The molecule has 0 aliphatic carbocycles. The third-order valence-electron chi connectivity index (χ3n) is 5.38. The van der Waals surface area contributed by atoms with Gasteiger partial charge in [0.1, 0.15) is 5.82 Å². The van der Waals surface area contributed by atoms with Gasteiger partial charge in [-0.2, -0.15) is 0 Å². The number of halogens is 1. The lowest BCUT2D eigenvalue weighted by atomic mass is 10.0. The van der Waals surface area contributed by atoms with Crippen LogP contribution in [0, 0.1) is 5.82 Å². The topological polar surface area (TPSA) is 66.5 Å². The Bertz CT molecular complexity index is 1400. The number of anilines is 1. The lowest BCUT2D eigenvalue weighted by molar-refractivity contribution is 0.0951. The SMILES string of the molecule is CS(=O)(=O)N(Cc1ccc(C(=O)NCc2cccc3ccccc23)cc1)c1ccccc1F. The van der Waals surface area contributed by atoms with E-state index in [-0.39, 0.29) is 18.1 Å². The second-order valence-electron chi connectivity index (χ2n) is 7.74. The molecule has 0 saturated heterocycles. The number of hydrogen-bond donors (Lipinski definition) is 1. The van der Waals surface area contributed by atoms with Crippen molar-refractivity contribution in [2.24, 2.45) is 0 Å². The number of fused-ring (bicyclic) bond motifs is 1. The van der Waals surface area contributed by atoms with Crippen molar-refractivity contribution in [3.05, 3.63) is 114 Å². The van der Waals surface area contributed by atoms with Crippen LogP contribution in [0.15, 0.2) is 91.0 Å². The monoisotopic (exact) mass is 462 g/mol. The molecule has 4 rings (SSSR count).